The number of anilines is 4. The van der Waals surface area contributed by atoms with Crippen molar-refractivity contribution in [2.24, 2.45) is 0 Å². The van der Waals surface area contributed by atoms with E-state index in [1.165, 1.54) is 17.7 Å². The molecule has 0 atom stereocenters. The van der Waals surface area contributed by atoms with E-state index < -0.39 is 4.92 Å². The van der Waals surface area contributed by atoms with Gasteiger partial charge in [-0.25, -0.2) is 15.0 Å². The van der Waals surface area contributed by atoms with E-state index in [1.807, 2.05) is 26.8 Å². The standard InChI is InChI=1S/C16H15ClN6O2S/c1-8-4-5-11(17)6-12(8)21-14-13(23(24)25)15(19-7-18-14)22-16-20-9(2)10(3)26-16/h4-7H,1-3H3,(H2,18,19,20,21,22). The molecule has 0 aliphatic carbocycles. The van der Waals surface area contributed by atoms with Gasteiger partial charge in [-0.15, -0.1) is 11.3 Å². The van der Waals surface area contributed by atoms with E-state index in [0.717, 1.165) is 16.1 Å². The number of thiazole rings is 1. The van der Waals surface area contributed by atoms with Crippen LogP contribution in [0, 0.1) is 30.9 Å². The first-order valence-corrected chi connectivity index (χ1v) is 8.78. The molecule has 0 radical (unpaired) electrons. The monoisotopic (exact) mass is 390 g/mol. The number of aromatic nitrogens is 3. The first-order valence-electron chi connectivity index (χ1n) is 7.58. The second-order valence-corrected chi connectivity index (χ2v) is 7.19. The minimum atomic E-state index is -0.530. The molecule has 2 N–H and O–H groups in total. The van der Waals surface area contributed by atoms with Gasteiger partial charge in [-0.3, -0.25) is 10.1 Å². The average molecular weight is 391 g/mol. The second kappa shape index (κ2) is 7.22. The molecule has 0 aliphatic rings. The summed E-state index contributed by atoms with van der Waals surface area (Å²) in [6.45, 7) is 5.67. The first-order chi connectivity index (χ1) is 12.3. The highest BCUT2D eigenvalue weighted by molar-refractivity contribution is 7.15. The normalized spacial score (nSPS) is 10.6. The summed E-state index contributed by atoms with van der Waals surface area (Å²) >= 11 is 7.42. The lowest BCUT2D eigenvalue weighted by molar-refractivity contribution is -0.383. The SMILES string of the molecule is Cc1ccc(Cl)cc1Nc1ncnc(Nc2nc(C)c(C)s2)c1[N+](=O)[O-]. The zero-order valence-electron chi connectivity index (χ0n) is 14.2. The largest absolute Gasteiger partial charge is 0.353 e. The number of nitro groups is 1. The van der Waals surface area contributed by atoms with Gasteiger partial charge in [0, 0.05) is 15.6 Å². The molecule has 0 spiro atoms. The van der Waals surface area contributed by atoms with Gasteiger partial charge in [0.2, 0.25) is 11.6 Å². The van der Waals surface area contributed by atoms with Gasteiger partial charge < -0.3 is 10.6 Å². The molecule has 10 heteroatoms. The topological polar surface area (TPSA) is 106 Å². The lowest BCUT2D eigenvalue weighted by Crippen LogP contribution is -2.06. The van der Waals surface area contributed by atoms with Gasteiger partial charge in [0.05, 0.1) is 10.6 Å². The van der Waals surface area contributed by atoms with E-state index in [4.69, 9.17) is 11.6 Å². The van der Waals surface area contributed by atoms with E-state index >= 15 is 0 Å². The molecule has 134 valence electrons. The van der Waals surface area contributed by atoms with Crippen molar-refractivity contribution in [2.75, 3.05) is 10.6 Å². The van der Waals surface area contributed by atoms with E-state index in [2.05, 4.69) is 25.6 Å². The van der Waals surface area contributed by atoms with Crippen LogP contribution in [-0.2, 0) is 0 Å². The summed E-state index contributed by atoms with van der Waals surface area (Å²) in [5.41, 5.74) is 2.11. The quantitative estimate of drug-likeness (QED) is 0.471. The fourth-order valence-corrected chi connectivity index (χ4v) is 3.20. The van der Waals surface area contributed by atoms with Crippen molar-refractivity contribution in [1.29, 1.82) is 0 Å². The third-order valence-electron chi connectivity index (χ3n) is 3.71. The Balaban J connectivity index is 2.00. The molecule has 0 saturated heterocycles. The Kier molecular flexibility index (Phi) is 5.01. The van der Waals surface area contributed by atoms with Crippen LogP contribution in [0.1, 0.15) is 16.1 Å². The summed E-state index contributed by atoms with van der Waals surface area (Å²) in [7, 11) is 0. The number of halogens is 1. The third-order valence-corrected chi connectivity index (χ3v) is 4.93. The van der Waals surface area contributed by atoms with Crippen molar-refractivity contribution < 1.29 is 4.92 Å². The predicted octanol–water partition coefficient (Wildman–Crippen LogP) is 4.91. The molecule has 3 aromatic rings. The molecular formula is C16H15ClN6O2S. The van der Waals surface area contributed by atoms with Crippen LogP contribution in [-0.4, -0.2) is 19.9 Å². The van der Waals surface area contributed by atoms with E-state index in [0.29, 0.717) is 15.8 Å². The fraction of sp³-hybridized carbons (Fsp3) is 0.188. The van der Waals surface area contributed by atoms with Crippen LogP contribution in [0.3, 0.4) is 0 Å². The van der Waals surface area contributed by atoms with Crippen LogP contribution >= 0.6 is 22.9 Å². The first kappa shape index (κ1) is 18.0. The molecule has 0 saturated carbocycles. The fourth-order valence-electron chi connectivity index (χ4n) is 2.22. The Bertz CT molecular complexity index is 971. The Morgan fingerprint density at radius 1 is 1.15 bits per heavy atom. The molecule has 0 bridgehead atoms. The highest BCUT2D eigenvalue weighted by Crippen LogP contribution is 2.35. The highest BCUT2D eigenvalue weighted by atomic mass is 35.5. The molecule has 0 amide bonds. The zero-order valence-corrected chi connectivity index (χ0v) is 15.8. The second-order valence-electron chi connectivity index (χ2n) is 5.55. The van der Waals surface area contributed by atoms with Crippen LogP contribution in [0.5, 0.6) is 0 Å². The van der Waals surface area contributed by atoms with Crippen molar-refractivity contribution in [3.05, 3.63) is 55.8 Å². The number of aryl methyl sites for hydroxylation is 3. The number of rotatable bonds is 5. The molecule has 1 aromatic carbocycles. The average Bonchev–Trinajstić information content (AvgIpc) is 2.88. The number of hydrogen-bond acceptors (Lipinski definition) is 8. The molecule has 0 unspecified atom stereocenters. The maximum Gasteiger partial charge on any atom is 0.353 e. The number of nitrogens with zero attached hydrogens (tertiary/aromatic N) is 4. The highest BCUT2D eigenvalue weighted by Gasteiger charge is 2.24. The number of hydrogen-bond donors (Lipinski definition) is 2. The van der Waals surface area contributed by atoms with Crippen LogP contribution < -0.4 is 10.6 Å². The van der Waals surface area contributed by atoms with Crippen molar-refractivity contribution >= 4 is 51.1 Å². The van der Waals surface area contributed by atoms with Crippen molar-refractivity contribution in [3.8, 4) is 0 Å². The maximum atomic E-state index is 11.6. The van der Waals surface area contributed by atoms with E-state index in [1.54, 1.807) is 12.1 Å². The van der Waals surface area contributed by atoms with Gasteiger partial charge in [0.25, 0.3) is 0 Å². The molecule has 2 heterocycles. The Labute approximate surface area is 158 Å². The Morgan fingerprint density at radius 2 is 1.85 bits per heavy atom. The van der Waals surface area contributed by atoms with Crippen molar-refractivity contribution in [1.82, 2.24) is 15.0 Å². The van der Waals surface area contributed by atoms with Crippen molar-refractivity contribution in [2.45, 2.75) is 20.8 Å². The zero-order chi connectivity index (χ0) is 18.8. The molecule has 26 heavy (non-hydrogen) atoms. The van der Waals surface area contributed by atoms with Gasteiger partial charge in [-0.2, -0.15) is 0 Å². The summed E-state index contributed by atoms with van der Waals surface area (Å²) in [5, 5.41) is 18.6. The Hall–Kier alpha value is -2.78. The maximum absolute atomic E-state index is 11.6. The Morgan fingerprint density at radius 3 is 2.46 bits per heavy atom. The summed E-state index contributed by atoms with van der Waals surface area (Å²) in [6, 6.07) is 5.25. The number of nitrogens with one attached hydrogen (secondary N) is 2. The van der Waals surface area contributed by atoms with Gasteiger partial charge in [-0.1, -0.05) is 17.7 Å². The third kappa shape index (κ3) is 3.73. The molecule has 0 aliphatic heterocycles. The molecule has 0 fully saturated rings. The van der Waals surface area contributed by atoms with Crippen molar-refractivity contribution in [3.63, 3.8) is 0 Å². The predicted molar refractivity (Wildman–Crippen MR) is 103 cm³/mol. The summed E-state index contributed by atoms with van der Waals surface area (Å²) in [4.78, 5) is 24.5. The summed E-state index contributed by atoms with van der Waals surface area (Å²) < 4.78 is 0. The van der Waals surface area contributed by atoms with Crippen LogP contribution in [0.15, 0.2) is 24.5 Å². The van der Waals surface area contributed by atoms with Gasteiger partial charge in [-0.05, 0) is 38.5 Å². The smallest absolute Gasteiger partial charge is 0.334 e. The molecule has 3 rings (SSSR count). The van der Waals surface area contributed by atoms with Crippen LogP contribution in [0.25, 0.3) is 0 Å². The summed E-state index contributed by atoms with van der Waals surface area (Å²) in [5.74, 6) is 0.142. The van der Waals surface area contributed by atoms with Gasteiger partial charge in [0.15, 0.2) is 5.13 Å². The number of benzene rings is 1. The summed E-state index contributed by atoms with van der Waals surface area (Å²) in [6.07, 6.45) is 1.25. The van der Waals surface area contributed by atoms with Gasteiger partial charge in [0.1, 0.15) is 6.33 Å². The minimum Gasteiger partial charge on any atom is -0.334 e. The molecule has 8 nitrogen and oxygen atoms in total. The molecular weight excluding hydrogens is 376 g/mol. The van der Waals surface area contributed by atoms with E-state index in [9.17, 15) is 10.1 Å². The van der Waals surface area contributed by atoms with Crippen LogP contribution in [0.4, 0.5) is 28.1 Å². The lowest BCUT2D eigenvalue weighted by atomic mass is 10.2. The molecule has 2 aromatic heterocycles. The van der Waals surface area contributed by atoms with E-state index in [-0.39, 0.29) is 17.3 Å². The lowest BCUT2D eigenvalue weighted by Gasteiger charge is -2.11. The van der Waals surface area contributed by atoms with Crippen LogP contribution in [0.2, 0.25) is 5.02 Å². The minimum absolute atomic E-state index is 0.0703. The van der Waals surface area contributed by atoms with Gasteiger partial charge >= 0.3 is 5.69 Å².